The van der Waals surface area contributed by atoms with E-state index in [0.717, 1.165) is 24.9 Å². The lowest BCUT2D eigenvalue weighted by atomic mass is 10.0. The highest BCUT2D eigenvalue weighted by Crippen LogP contribution is 2.31. The number of rotatable bonds is 5. The van der Waals surface area contributed by atoms with Gasteiger partial charge < -0.3 is 24.7 Å². The lowest BCUT2D eigenvalue weighted by Gasteiger charge is -2.27. The number of amides is 1. The summed E-state index contributed by atoms with van der Waals surface area (Å²) in [6.45, 7) is 4.63. The summed E-state index contributed by atoms with van der Waals surface area (Å²) in [5.41, 5.74) is 1.41. The molecule has 1 saturated heterocycles. The number of aromatic nitrogens is 1. The predicted octanol–water partition coefficient (Wildman–Crippen LogP) is 1.22. The number of methoxy groups -OCH3 is 2. The first kappa shape index (κ1) is 18.3. The maximum atomic E-state index is 12.6. The molecule has 0 bridgehead atoms. The zero-order valence-electron chi connectivity index (χ0n) is 15.5. The van der Waals surface area contributed by atoms with Gasteiger partial charge in [0.2, 0.25) is 0 Å². The van der Waals surface area contributed by atoms with Crippen molar-refractivity contribution in [3.63, 3.8) is 0 Å². The molecule has 1 aliphatic rings. The number of hydrogen-bond donors (Lipinski definition) is 3. The van der Waals surface area contributed by atoms with Gasteiger partial charge in [-0.3, -0.25) is 4.79 Å². The van der Waals surface area contributed by atoms with E-state index >= 15 is 0 Å². The summed E-state index contributed by atoms with van der Waals surface area (Å²) in [6.07, 6.45) is 2.37. The van der Waals surface area contributed by atoms with Crippen LogP contribution < -0.4 is 15.0 Å². The van der Waals surface area contributed by atoms with Crippen LogP contribution in [0, 0.1) is 5.92 Å². The Hall–Kier alpha value is -2.54. The van der Waals surface area contributed by atoms with Crippen LogP contribution >= 0.6 is 0 Å². The van der Waals surface area contributed by atoms with E-state index in [1.807, 2.05) is 6.07 Å². The number of quaternary nitrogens is 1. The van der Waals surface area contributed by atoms with Crippen molar-refractivity contribution in [2.45, 2.75) is 19.8 Å². The van der Waals surface area contributed by atoms with Gasteiger partial charge in [0.1, 0.15) is 11.4 Å². The Morgan fingerprint density at radius 1 is 1.35 bits per heavy atom. The molecule has 1 aromatic heterocycles. The normalized spacial score (nSPS) is 20.0. The molecule has 2 aromatic rings. The quantitative estimate of drug-likeness (QED) is 0.700. The smallest absolute Gasteiger partial charge is 0.356 e. The number of likely N-dealkylation sites (tertiary alicyclic amines) is 1. The highest BCUT2D eigenvalue weighted by molar-refractivity contribution is 6.11. The van der Waals surface area contributed by atoms with Crippen molar-refractivity contribution < 1.29 is 24.0 Å². The van der Waals surface area contributed by atoms with Gasteiger partial charge in [-0.1, -0.05) is 6.92 Å². The highest BCUT2D eigenvalue weighted by Gasteiger charge is 2.25. The average molecular weight is 360 g/mol. The lowest BCUT2D eigenvalue weighted by molar-refractivity contribution is -0.900. The summed E-state index contributed by atoms with van der Waals surface area (Å²) in [5.74, 6) is 0.683. The Bertz CT molecular complexity index is 814. The van der Waals surface area contributed by atoms with Gasteiger partial charge in [0.25, 0.3) is 5.91 Å². The van der Waals surface area contributed by atoms with Gasteiger partial charge in [0.05, 0.1) is 38.5 Å². The van der Waals surface area contributed by atoms with Crippen molar-refractivity contribution in [1.29, 1.82) is 0 Å². The molecule has 7 nitrogen and oxygen atoms in total. The molecule has 0 saturated carbocycles. The number of carbonyl (C=O) groups is 2. The SMILES string of the molecule is COC(=O)c1[nH]c2cc(OC)ccc2c1NC(=O)C[NH+]1CCC[C@@H](C)C1. The Morgan fingerprint density at radius 3 is 2.85 bits per heavy atom. The van der Waals surface area contributed by atoms with Crippen molar-refractivity contribution in [1.82, 2.24) is 4.98 Å². The second-order valence-corrected chi connectivity index (χ2v) is 6.95. The molecule has 1 aliphatic heterocycles. The van der Waals surface area contributed by atoms with Gasteiger partial charge in [0.15, 0.2) is 6.54 Å². The zero-order chi connectivity index (χ0) is 18.7. The second kappa shape index (κ2) is 7.78. The predicted molar refractivity (Wildman–Crippen MR) is 98.8 cm³/mol. The number of hydrogen-bond acceptors (Lipinski definition) is 4. The standard InChI is InChI=1S/C19H25N3O4/c1-12-5-4-8-22(10-12)11-16(23)21-17-14-7-6-13(25-2)9-15(14)20-18(17)19(24)26-3/h6-7,9,12,20H,4-5,8,10-11H2,1-3H3,(H,21,23)/p+1/t12-/m1/s1. The Balaban J connectivity index is 1.85. The van der Waals surface area contributed by atoms with Crippen molar-refractivity contribution >= 4 is 28.5 Å². The molecule has 1 unspecified atom stereocenters. The van der Waals surface area contributed by atoms with E-state index in [9.17, 15) is 9.59 Å². The van der Waals surface area contributed by atoms with Gasteiger partial charge >= 0.3 is 5.97 Å². The number of ether oxygens (including phenoxy) is 2. The first-order valence-corrected chi connectivity index (χ1v) is 8.93. The van der Waals surface area contributed by atoms with E-state index in [-0.39, 0.29) is 11.6 Å². The highest BCUT2D eigenvalue weighted by atomic mass is 16.5. The summed E-state index contributed by atoms with van der Waals surface area (Å²) in [5, 5.41) is 3.67. The number of anilines is 1. The van der Waals surface area contributed by atoms with Crippen LogP contribution in [0.15, 0.2) is 18.2 Å². The van der Waals surface area contributed by atoms with Crippen molar-refractivity contribution in [3.05, 3.63) is 23.9 Å². The molecule has 0 aliphatic carbocycles. The average Bonchev–Trinajstić information content (AvgIpc) is 2.98. The third kappa shape index (κ3) is 3.83. The fourth-order valence-electron chi connectivity index (χ4n) is 3.66. The minimum Gasteiger partial charge on any atom is -0.497 e. The molecule has 0 spiro atoms. The maximum Gasteiger partial charge on any atom is 0.356 e. The molecule has 26 heavy (non-hydrogen) atoms. The van der Waals surface area contributed by atoms with Crippen LogP contribution in [0.1, 0.15) is 30.3 Å². The molecular formula is C19H26N3O4+. The van der Waals surface area contributed by atoms with Crippen LogP contribution in [0.4, 0.5) is 5.69 Å². The van der Waals surface area contributed by atoms with E-state index in [1.165, 1.54) is 18.4 Å². The van der Waals surface area contributed by atoms with Gasteiger partial charge in [0, 0.05) is 17.4 Å². The van der Waals surface area contributed by atoms with E-state index < -0.39 is 5.97 Å². The number of aromatic amines is 1. The minimum atomic E-state index is -0.519. The Kier molecular flexibility index (Phi) is 5.46. The fourth-order valence-corrected chi connectivity index (χ4v) is 3.66. The third-order valence-corrected chi connectivity index (χ3v) is 4.93. The molecule has 2 heterocycles. The van der Waals surface area contributed by atoms with Crippen LogP contribution in [0.25, 0.3) is 10.9 Å². The monoisotopic (exact) mass is 360 g/mol. The number of nitrogens with one attached hydrogen (secondary N) is 3. The first-order chi connectivity index (χ1) is 12.5. The Labute approximate surface area is 152 Å². The third-order valence-electron chi connectivity index (χ3n) is 4.93. The topological polar surface area (TPSA) is 84.9 Å². The fraction of sp³-hybridized carbons (Fsp3) is 0.474. The van der Waals surface area contributed by atoms with Crippen molar-refractivity contribution in [2.75, 3.05) is 39.2 Å². The molecule has 1 aromatic carbocycles. The largest absolute Gasteiger partial charge is 0.497 e. The zero-order valence-corrected chi connectivity index (χ0v) is 15.5. The van der Waals surface area contributed by atoms with Crippen LogP contribution in [0.5, 0.6) is 5.75 Å². The van der Waals surface area contributed by atoms with Gasteiger partial charge in [-0.2, -0.15) is 0 Å². The van der Waals surface area contributed by atoms with Crippen LogP contribution in [-0.4, -0.2) is 50.7 Å². The number of piperidine rings is 1. The van der Waals surface area contributed by atoms with Crippen molar-refractivity contribution in [2.24, 2.45) is 5.92 Å². The summed E-state index contributed by atoms with van der Waals surface area (Å²) in [4.78, 5) is 29.0. The minimum absolute atomic E-state index is 0.101. The molecule has 1 amide bonds. The molecule has 3 N–H and O–H groups in total. The van der Waals surface area contributed by atoms with E-state index in [4.69, 9.17) is 9.47 Å². The molecule has 2 atom stereocenters. The summed E-state index contributed by atoms with van der Waals surface area (Å²) in [6, 6.07) is 5.40. The molecule has 0 radical (unpaired) electrons. The van der Waals surface area contributed by atoms with Crippen LogP contribution in [-0.2, 0) is 9.53 Å². The molecular weight excluding hydrogens is 334 g/mol. The number of fused-ring (bicyclic) bond motifs is 1. The second-order valence-electron chi connectivity index (χ2n) is 6.95. The Morgan fingerprint density at radius 2 is 2.15 bits per heavy atom. The summed E-state index contributed by atoms with van der Waals surface area (Å²) < 4.78 is 10.1. The summed E-state index contributed by atoms with van der Waals surface area (Å²) >= 11 is 0. The van der Waals surface area contributed by atoms with Gasteiger partial charge in [-0.25, -0.2) is 4.79 Å². The summed E-state index contributed by atoms with van der Waals surface area (Å²) in [7, 11) is 2.90. The van der Waals surface area contributed by atoms with E-state index in [0.29, 0.717) is 29.4 Å². The maximum absolute atomic E-state index is 12.6. The van der Waals surface area contributed by atoms with Crippen LogP contribution in [0.3, 0.4) is 0 Å². The molecule has 3 rings (SSSR count). The number of carbonyl (C=O) groups excluding carboxylic acids is 2. The number of esters is 1. The van der Waals surface area contributed by atoms with Gasteiger partial charge in [-0.15, -0.1) is 0 Å². The van der Waals surface area contributed by atoms with E-state index in [2.05, 4.69) is 17.2 Å². The molecule has 140 valence electrons. The van der Waals surface area contributed by atoms with E-state index in [1.54, 1.807) is 19.2 Å². The van der Waals surface area contributed by atoms with Crippen molar-refractivity contribution in [3.8, 4) is 5.75 Å². The first-order valence-electron chi connectivity index (χ1n) is 8.93. The number of benzene rings is 1. The molecule has 7 heteroatoms. The number of H-pyrrole nitrogens is 1. The van der Waals surface area contributed by atoms with Gasteiger partial charge in [-0.05, 0) is 25.0 Å². The molecule has 1 fully saturated rings. The van der Waals surface area contributed by atoms with Crippen LogP contribution in [0.2, 0.25) is 0 Å². The lowest BCUT2D eigenvalue weighted by Crippen LogP contribution is -3.14.